The van der Waals surface area contributed by atoms with E-state index in [1.165, 1.54) is 94.8 Å². The standard InChI is InChI=1S/C33H51N3O3/c1-2-3-4-5-6-7-8-9-10-11-12-13-14-15-16-17-26-36(33(34)39)27-35-32(38)30-20-18-28(19-21-30)29-22-24-31(37)25-23-29/h18-25,37H,2-17,26-27H2,1H3,(H2,34,39)(H,35,38). The van der Waals surface area contributed by atoms with Crippen molar-refractivity contribution in [3.63, 3.8) is 0 Å². The van der Waals surface area contributed by atoms with E-state index in [4.69, 9.17) is 5.73 Å². The first-order valence-electron chi connectivity index (χ1n) is 15.2. The number of nitrogens with zero attached hydrogens (tertiary/aromatic N) is 1. The van der Waals surface area contributed by atoms with Crippen molar-refractivity contribution < 1.29 is 14.7 Å². The second-order valence-electron chi connectivity index (χ2n) is 10.7. The molecule has 2 aromatic carbocycles. The van der Waals surface area contributed by atoms with Gasteiger partial charge in [-0.1, -0.05) is 128 Å². The van der Waals surface area contributed by atoms with E-state index >= 15 is 0 Å². The molecule has 2 rings (SSSR count). The molecule has 0 atom stereocenters. The Morgan fingerprint density at radius 2 is 1.08 bits per heavy atom. The number of urea groups is 1. The van der Waals surface area contributed by atoms with Crippen LogP contribution in [0.4, 0.5) is 4.79 Å². The van der Waals surface area contributed by atoms with Gasteiger partial charge < -0.3 is 21.1 Å². The first-order chi connectivity index (χ1) is 19.0. The van der Waals surface area contributed by atoms with Gasteiger partial charge in [-0.15, -0.1) is 0 Å². The number of phenolic OH excluding ortho intramolecular Hbond substituents is 1. The summed E-state index contributed by atoms with van der Waals surface area (Å²) in [6, 6.07) is 13.6. The fourth-order valence-electron chi connectivity index (χ4n) is 4.86. The molecule has 0 aliphatic rings. The molecule has 2 aromatic rings. The predicted octanol–water partition coefficient (Wildman–Crippen LogP) is 8.39. The first kappa shape index (κ1) is 32.2. The van der Waals surface area contributed by atoms with E-state index in [9.17, 15) is 14.7 Å². The second-order valence-corrected chi connectivity index (χ2v) is 10.7. The van der Waals surface area contributed by atoms with Gasteiger partial charge in [0.05, 0.1) is 6.67 Å². The molecule has 0 bridgehead atoms. The minimum Gasteiger partial charge on any atom is -0.508 e. The Bertz CT molecular complexity index is 928. The molecular formula is C33H51N3O3. The van der Waals surface area contributed by atoms with Crippen LogP contribution < -0.4 is 11.1 Å². The number of aromatic hydroxyl groups is 1. The van der Waals surface area contributed by atoms with E-state index in [1.54, 1.807) is 24.3 Å². The van der Waals surface area contributed by atoms with Gasteiger partial charge in [-0.3, -0.25) is 4.79 Å². The number of nitrogens with one attached hydrogen (secondary N) is 1. The summed E-state index contributed by atoms with van der Waals surface area (Å²) in [5, 5.41) is 12.2. The third-order valence-electron chi connectivity index (χ3n) is 7.37. The number of benzene rings is 2. The Morgan fingerprint density at radius 3 is 1.51 bits per heavy atom. The van der Waals surface area contributed by atoms with Crippen LogP contribution in [0.2, 0.25) is 0 Å². The minimum atomic E-state index is -0.515. The third-order valence-corrected chi connectivity index (χ3v) is 7.37. The summed E-state index contributed by atoms with van der Waals surface area (Å²) in [6.07, 6.45) is 20.9. The maximum atomic E-state index is 12.6. The quantitative estimate of drug-likeness (QED) is 0.110. The lowest BCUT2D eigenvalue weighted by molar-refractivity contribution is 0.0932. The molecule has 0 saturated carbocycles. The van der Waals surface area contributed by atoms with Gasteiger partial charge in [0.2, 0.25) is 0 Å². The van der Waals surface area contributed by atoms with Gasteiger partial charge in [0.15, 0.2) is 0 Å². The zero-order chi connectivity index (χ0) is 28.1. The number of amides is 3. The second kappa shape index (κ2) is 20.0. The van der Waals surface area contributed by atoms with Crippen molar-refractivity contribution in [2.24, 2.45) is 5.73 Å². The lowest BCUT2D eigenvalue weighted by atomic mass is 10.0. The molecular weight excluding hydrogens is 486 g/mol. The van der Waals surface area contributed by atoms with Crippen molar-refractivity contribution in [1.29, 1.82) is 0 Å². The summed E-state index contributed by atoms with van der Waals surface area (Å²) in [5.74, 6) is -0.0289. The molecule has 216 valence electrons. The van der Waals surface area contributed by atoms with Crippen molar-refractivity contribution in [1.82, 2.24) is 10.2 Å². The van der Waals surface area contributed by atoms with Gasteiger partial charge in [-0.05, 0) is 41.8 Å². The zero-order valence-electron chi connectivity index (χ0n) is 24.1. The molecule has 0 radical (unpaired) electrons. The maximum Gasteiger partial charge on any atom is 0.316 e. The van der Waals surface area contributed by atoms with E-state index in [0.29, 0.717) is 12.1 Å². The molecule has 39 heavy (non-hydrogen) atoms. The molecule has 3 amide bonds. The molecule has 0 unspecified atom stereocenters. The van der Waals surface area contributed by atoms with Gasteiger partial charge in [0, 0.05) is 12.1 Å². The number of rotatable bonds is 21. The Kier molecular flexibility index (Phi) is 16.5. The Morgan fingerprint density at radius 1 is 0.667 bits per heavy atom. The lowest BCUT2D eigenvalue weighted by Gasteiger charge is -2.21. The van der Waals surface area contributed by atoms with Crippen LogP contribution in [0.1, 0.15) is 120 Å². The van der Waals surface area contributed by atoms with Crippen molar-refractivity contribution in [3.8, 4) is 16.9 Å². The van der Waals surface area contributed by atoms with Crippen LogP contribution in [-0.2, 0) is 0 Å². The van der Waals surface area contributed by atoms with Crippen molar-refractivity contribution in [3.05, 3.63) is 54.1 Å². The topological polar surface area (TPSA) is 95.7 Å². The van der Waals surface area contributed by atoms with Crippen molar-refractivity contribution >= 4 is 11.9 Å². The highest BCUT2D eigenvalue weighted by Gasteiger charge is 2.12. The monoisotopic (exact) mass is 537 g/mol. The van der Waals surface area contributed by atoms with Crippen LogP contribution >= 0.6 is 0 Å². The highest BCUT2D eigenvalue weighted by molar-refractivity contribution is 5.94. The van der Waals surface area contributed by atoms with Crippen molar-refractivity contribution in [2.75, 3.05) is 13.2 Å². The zero-order valence-corrected chi connectivity index (χ0v) is 24.1. The summed E-state index contributed by atoms with van der Waals surface area (Å²) in [4.78, 5) is 25.9. The Hall–Kier alpha value is -3.02. The summed E-state index contributed by atoms with van der Waals surface area (Å²) < 4.78 is 0. The first-order valence-corrected chi connectivity index (χ1v) is 15.2. The van der Waals surface area contributed by atoms with E-state index < -0.39 is 6.03 Å². The van der Waals surface area contributed by atoms with E-state index in [-0.39, 0.29) is 18.3 Å². The smallest absolute Gasteiger partial charge is 0.316 e. The van der Waals surface area contributed by atoms with E-state index in [1.807, 2.05) is 24.3 Å². The average Bonchev–Trinajstić information content (AvgIpc) is 2.94. The third kappa shape index (κ3) is 14.1. The molecule has 0 fully saturated rings. The van der Waals surface area contributed by atoms with Gasteiger partial charge in [-0.25, -0.2) is 4.79 Å². The Balaban J connectivity index is 1.52. The summed E-state index contributed by atoms with van der Waals surface area (Å²) in [5.41, 5.74) is 7.97. The molecule has 6 heteroatoms. The van der Waals surface area contributed by atoms with Crippen LogP contribution in [0, 0.1) is 0 Å². The van der Waals surface area contributed by atoms with Gasteiger partial charge in [0.1, 0.15) is 5.75 Å². The highest BCUT2D eigenvalue weighted by Crippen LogP contribution is 2.22. The molecule has 4 N–H and O–H groups in total. The molecule has 0 aliphatic heterocycles. The molecule has 0 spiro atoms. The number of unbranched alkanes of at least 4 members (excludes halogenated alkanes) is 15. The molecule has 0 aliphatic carbocycles. The Labute approximate surface area is 236 Å². The van der Waals surface area contributed by atoms with Crippen LogP contribution in [0.25, 0.3) is 11.1 Å². The number of hydrogen-bond acceptors (Lipinski definition) is 3. The normalized spacial score (nSPS) is 10.9. The van der Waals surface area contributed by atoms with Crippen molar-refractivity contribution in [2.45, 2.75) is 110 Å². The number of phenols is 1. The largest absolute Gasteiger partial charge is 0.508 e. The fraction of sp³-hybridized carbons (Fsp3) is 0.576. The lowest BCUT2D eigenvalue weighted by Crippen LogP contribution is -2.44. The molecule has 6 nitrogen and oxygen atoms in total. The van der Waals surface area contributed by atoms with Crippen LogP contribution in [0.15, 0.2) is 48.5 Å². The SMILES string of the molecule is CCCCCCCCCCCCCCCCCCN(CNC(=O)c1ccc(-c2ccc(O)cc2)cc1)C(N)=O. The number of hydrogen-bond donors (Lipinski definition) is 3. The van der Waals surface area contributed by atoms with E-state index in [2.05, 4.69) is 12.2 Å². The van der Waals surface area contributed by atoms with Crippen LogP contribution in [0.5, 0.6) is 5.75 Å². The minimum absolute atomic E-state index is 0.104. The van der Waals surface area contributed by atoms with Crippen LogP contribution in [0.3, 0.4) is 0 Å². The van der Waals surface area contributed by atoms with Gasteiger partial charge in [-0.2, -0.15) is 0 Å². The van der Waals surface area contributed by atoms with Crippen LogP contribution in [-0.4, -0.2) is 35.2 Å². The average molecular weight is 538 g/mol. The van der Waals surface area contributed by atoms with E-state index in [0.717, 1.165) is 24.0 Å². The van der Waals surface area contributed by atoms with Gasteiger partial charge in [0.25, 0.3) is 5.91 Å². The molecule has 0 heterocycles. The van der Waals surface area contributed by atoms with Gasteiger partial charge >= 0.3 is 6.03 Å². The fourth-order valence-corrected chi connectivity index (χ4v) is 4.86. The summed E-state index contributed by atoms with van der Waals surface area (Å²) in [6.45, 7) is 2.92. The highest BCUT2D eigenvalue weighted by atomic mass is 16.3. The predicted molar refractivity (Wildman–Crippen MR) is 162 cm³/mol. The summed E-state index contributed by atoms with van der Waals surface area (Å²) in [7, 11) is 0. The number of primary amides is 1. The molecule has 0 aromatic heterocycles. The maximum absolute atomic E-state index is 12.6. The number of carbonyl (C=O) groups is 2. The number of carbonyl (C=O) groups excluding carboxylic acids is 2. The summed E-state index contributed by atoms with van der Waals surface area (Å²) >= 11 is 0. The molecule has 0 saturated heterocycles. The number of nitrogens with two attached hydrogens (primary N) is 1.